The van der Waals surface area contributed by atoms with Crippen molar-refractivity contribution in [3.8, 4) is 0 Å². The van der Waals surface area contributed by atoms with E-state index < -0.39 is 0 Å². The van der Waals surface area contributed by atoms with Crippen LogP contribution in [0, 0.1) is 0 Å². The van der Waals surface area contributed by atoms with Crippen LogP contribution in [0.15, 0.2) is 20.6 Å². The van der Waals surface area contributed by atoms with E-state index in [0.29, 0.717) is 12.4 Å². The van der Waals surface area contributed by atoms with Crippen LogP contribution in [-0.2, 0) is 6.54 Å². The molecule has 1 aromatic heterocycles. The molecule has 1 aliphatic carbocycles. The smallest absolute Gasteiger partial charge is 0.332 e. The lowest BCUT2D eigenvalue weighted by atomic mass is 10.4. The van der Waals surface area contributed by atoms with Crippen LogP contribution >= 0.6 is 0 Å². The van der Waals surface area contributed by atoms with Crippen LogP contribution in [0.4, 0.5) is 5.82 Å². The van der Waals surface area contributed by atoms with Gasteiger partial charge >= 0.3 is 5.69 Å². The summed E-state index contributed by atoms with van der Waals surface area (Å²) in [6.07, 6.45) is 4.26. The van der Waals surface area contributed by atoms with E-state index >= 15 is 0 Å². The van der Waals surface area contributed by atoms with Gasteiger partial charge in [-0.1, -0.05) is 6.92 Å². The Kier molecular flexibility index (Phi) is 3.87. The van der Waals surface area contributed by atoms with E-state index in [4.69, 9.17) is 0 Å². The standard InChI is InChI=1S/C13H20N4O2/c1-4-7-16-11(14-9-15(2)3)8-12(18)17(13(16)19)10-5-6-10/h8-10H,4-7H2,1-3H3/b14-9+. The molecule has 1 saturated carbocycles. The quantitative estimate of drug-likeness (QED) is 0.588. The number of hydrogen-bond donors (Lipinski definition) is 0. The first-order chi connectivity index (χ1) is 9.04. The molecule has 0 atom stereocenters. The molecule has 0 aliphatic heterocycles. The van der Waals surface area contributed by atoms with Crippen molar-refractivity contribution in [1.29, 1.82) is 0 Å². The third kappa shape index (κ3) is 2.94. The maximum Gasteiger partial charge on any atom is 0.332 e. The molecular weight excluding hydrogens is 244 g/mol. The molecule has 0 aromatic carbocycles. The fourth-order valence-corrected chi connectivity index (χ4v) is 1.96. The van der Waals surface area contributed by atoms with Crippen molar-refractivity contribution in [3.05, 3.63) is 26.9 Å². The lowest BCUT2D eigenvalue weighted by Crippen LogP contribution is -2.38. The van der Waals surface area contributed by atoms with Gasteiger partial charge in [0.25, 0.3) is 5.56 Å². The van der Waals surface area contributed by atoms with Crippen LogP contribution in [0.25, 0.3) is 0 Å². The van der Waals surface area contributed by atoms with Gasteiger partial charge in [-0.2, -0.15) is 0 Å². The molecule has 1 aliphatic rings. The van der Waals surface area contributed by atoms with E-state index in [2.05, 4.69) is 4.99 Å². The summed E-state index contributed by atoms with van der Waals surface area (Å²) in [5.41, 5.74) is -0.478. The molecule has 6 heteroatoms. The van der Waals surface area contributed by atoms with Gasteiger partial charge in [0.1, 0.15) is 5.82 Å². The molecule has 0 radical (unpaired) electrons. The number of hydrogen-bond acceptors (Lipinski definition) is 3. The van der Waals surface area contributed by atoms with Crippen LogP contribution < -0.4 is 11.2 Å². The first-order valence-electron chi connectivity index (χ1n) is 6.61. The molecular formula is C13H20N4O2. The summed E-state index contributed by atoms with van der Waals surface area (Å²) >= 11 is 0. The Morgan fingerprint density at radius 2 is 2.11 bits per heavy atom. The van der Waals surface area contributed by atoms with Gasteiger partial charge in [-0.3, -0.25) is 13.9 Å². The molecule has 6 nitrogen and oxygen atoms in total. The normalized spacial score (nSPS) is 15.1. The molecule has 0 N–H and O–H groups in total. The van der Waals surface area contributed by atoms with Gasteiger partial charge in [0.2, 0.25) is 0 Å². The van der Waals surface area contributed by atoms with E-state index in [1.807, 2.05) is 21.0 Å². The zero-order valence-electron chi connectivity index (χ0n) is 11.7. The largest absolute Gasteiger partial charge is 0.369 e. The minimum absolute atomic E-state index is 0.0926. The van der Waals surface area contributed by atoms with Crippen LogP contribution in [0.5, 0.6) is 0 Å². The summed E-state index contributed by atoms with van der Waals surface area (Å²) in [5, 5.41) is 0. The van der Waals surface area contributed by atoms with Gasteiger partial charge in [0, 0.05) is 32.7 Å². The molecule has 1 fully saturated rings. The second-order valence-electron chi connectivity index (χ2n) is 5.08. The van der Waals surface area contributed by atoms with E-state index in [-0.39, 0.29) is 17.3 Å². The van der Waals surface area contributed by atoms with Crippen LogP contribution in [-0.4, -0.2) is 34.5 Å². The predicted octanol–water partition coefficient (Wildman–Crippen LogP) is 0.976. The Labute approximate surface area is 112 Å². The van der Waals surface area contributed by atoms with Crippen LogP contribution in [0.3, 0.4) is 0 Å². The number of nitrogens with zero attached hydrogens (tertiary/aromatic N) is 4. The Balaban J connectivity index is 2.54. The zero-order chi connectivity index (χ0) is 14.0. The SMILES string of the molecule is CCCn1c(/N=C/N(C)C)cc(=O)n(C2CC2)c1=O. The lowest BCUT2D eigenvalue weighted by Gasteiger charge is -2.12. The highest BCUT2D eigenvalue weighted by atomic mass is 16.2. The number of aliphatic imine (C=N–C) groups is 1. The predicted molar refractivity (Wildman–Crippen MR) is 75.4 cm³/mol. The topological polar surface area (TPSA) is 59.6 Å². The van der Waals surface area contributed by atoms with E-state index in [9.17, 15) is 9.59 Å². The summed E-state index contributed by atoms with van der Waals surface area (Å²) in [6.45, 7) is 2.57. The fourth-order valence-electron chi connectivity index (χ4n) is 1.96. The van der Waals surface area contributed by atoms with Crippen molar-refractivity contribution in [2.75, 3.05) is 14.1 Å². The van der Waals surface area contributed by atoms with Gasteiger partial charge < -0.3 is 4.90 Å². The van der Waals surface area contributed by atoms with E-state index in [1.165, 1.54) is 10.6 Å². The summed E-state index contributed by atoms with van der Waals surface area (Å²) in [7, 11) is 3.69. The average Bonchev–Trinajstić information content (AvgIpc) is 3.15. The van der Waals surface area contributed by atoms with Crippen molar-refractivity contribution >= 4 is 12.2 Å². The van der Waals surface area contributed by atoms with Crippen LogP contribution in [0.1, 0.15) is 32.2 Å². The summed E-state index contributed by atoms with van der Waals surface area (Å²) in [5.74, 6) is 0.433. The molecule has 1 heterocycles. The molecule has 1 aromatic rings. The van der Waals surface area contributed by atoms with Gasteiger partial charge in [0.15, 0.2) is 0 Å². The van der Waals surface area contributed by atoms with E-state index in [0.717, 1.165) is 19.3 Å². The third-order valence-electron chi connectivity index (χ3n) is 2.98. The molecule has 2 rings (SSSR count). The van der Waals surface area contributed by atoms with Crippen LogP contribution in [0.2, 0.25) is 0 Å². The van der Waals surface area contributed by atoms with Gasteiger partial charge in [-0.05, 0) is 19.3 Å². The highest BCUT2D eigenvalue weighted by Gasteiger charge is 2.27. The molecule has 0 amide bonds. The molecule has 19 heavy (non-hydrogen) atoms. The molecule has 0 spiro atoms. The zero-order valence-corrected chi connectivity index (χ0v) is 11.7. The molecule has 0 bridgehead atoms. The Morgan fingerprint density at radius 1 is 1.42 bits per heavy atom. The lowest BCUT2D eigenvalue weighted by molar-refractivity contribution is 0.556. The summed E-state index contributed by atoms with van der Waals surface area (Å²) < 4.78 is 2.95. The Bertz CT molecular complexity index is 594. The van der Waals surface area contributed by atoms with Gasteiger partial charge in [0.05, 0.1) is 6.34 Å². The minimum atomic E-state index is -0.245. The maximum atomic E-state index is 12.4. The van der Waals surface area contributed by atoms with E-state index in [1.54, 1.807) is 15.8 Å². The first-order valence-corrected chi connectivity index (χ1v) is 6.61. The highest BCUT2D eigenvalue weighted by molar-refractivity contribution is 5.58. The van der Waals surface area contributed by atoms with Crippen molar-refractivity contribution in [3.63, 3.8) is 0 Å². The second kappa shape index (κ2) is 5.42. The second-order valence-corrected chi connectivity index (χ2v) is 5.08. The Hall–Kier alpha value is -1.85. The maximum absolute atomic E-state index is 12.4. The number of aromatic nitrogens is 2. The minimum Gasteiger partial charge on any atom is -0.369 e. The molecule has 0 saturated heterocycles. The molecule has 104 valence electrons. The average molecular weight is 264 g/mol. The summed E-state index contributed by atoms with van der Waals surface area (Å²) in [4.78, 5) is 30.4. The first kappa shape index (κ1) is 13.6. The summed E-state index contributed by atoms with van der Waals surface area (Å²) in [6, 6.07) is 1.55. The highest BCUT2D eigenvalue weighted by Crippen LogP contribution is 2.32. The monoisotopic (exact) mass is 264 g/mol. The van der Waals surface area contributed by atoms with Crippen molar-refractivity contribution in [2.24, 2.45) is 4.99 Å². The van der Waals surface area contributed by atoms with Crippen molar-refractivity contribution in [2.45, 2.75) is 38.8 Å². The number of rotatable bonds is 5. The molecule has 0 unspecified atom stereocenters. The van der Waals surface area contributed by atoms with Gasteiger partial charge in [-0.25, -0.2) is 9.79 Å². The third-order valence-corrected chi connectivity index (χ3v) is 2.98. The van der Waals surface area contributed by atoms with Crippen molar-refractivity contribution in [1.82, 2.24) is 14.0 Å². The van der Waals surface area contributed by atoms with Gasteiger partial charge in [-0.15, -0.1) is 0 Å². The Morgan fingerprint density at radius 3 is 2.63 bits per heavy atom. The van der Waals surface area contributed by atoms with Crippen molar-refractivity contribution < 1.29 is 0 Å². The fraction of sp³-hybridized carbons (Fsp3) is 0.615.